The zero-order valence-electron chi connectivity index (χ0n) is 40.2. The average Bonchev–Trinajstić information content (AvgIpc) is 3.22. The Morgan fingerprint density at radius 1 is 0.322 bits per heavy atom. The summed E-state index contributed by atoms with van der Waals surface area (Å²) in [5.41, 5.74) is 0. The summed E-state index contributed by atoms with van der Waals surface area (Å²) < 4.78 is 16.8. The van der Waals surface area contributed by atoms with Crippen LogP contribution in [0, 0.1) is 5.92 Å². The van der Waals surface area contributed by atoms with Crippen LogP contribution in [0.2, 0.25) is 0 Å². The van der Waals surface area contributed by atoms with Gasteiger partial charge in [0.25, 0.3) is 0 Å². The molecule has 0 radical (unpaired) electrons. The molecule has 0 aromatic carbocycles. The average molecular weight is 835 g/mol. The fourth-order valence-corrected chi connectivity index (χ4v) is 8.04. The molecule has 0 unspecified atom stereocenters. The molecule has 6 nitrogen and oxygen atoms in total. The van der Waals surface area contributed by atoms with Crippen LogP contribution in [0.25, 0.3) is 0 Å². The van der Waals surface area contributed by atoms with E-state index in [1.54, 1.807) is 0 Å². The quantitative estimate of drug-likeness (QED) is 0.0345. The van der Waals surface area contributed by atoms with E-state index in [2.05, 4.69) is 27.7 Å². The van der Waals surface area contributed by atoms with Gasteiger partial charge in [-0.15, -0.1) is 0 Å². The molecule has 59 heavy (non-hydrogen) atoms. The van der Waals surface area contributed by atoms with Gasteiger partial charge in [0.15, 0.2) is 6.10 Å². The minimum Gasteiger partial charge on any atom is -0.462 e. The van der Waals surface area contributed by atoms with E-state index in [0.29, 0.717) is 19.3 Å². The largest absolute Gasteiger partial charge is 0.462 e. The van der Waals surface area contributed by atoms with E-state index in [9.17, 15) is 14.4 Å². The van der Waals surface area contributed by atoms with Gasteiger partial charge in [-0.3, -0.25) is 14.4 Å². The maximum atomic E-state index is 12.8. The molecular formula is C53H102O6. The third-order valence-electron chi connectivity index (χ3n) is 12.0. The van der Waals surface area contributed by atoms with Crippen molar-refractivity contribution in [1.82, 2.24) is 0 Å². The van der Waals surface area contributed by atoms with Crippen LogP contribution in [0.3, 0.4) is 0 Å². The molecule has 1 atom stereocenters. The molecule has 0 spiro atoms. The predicted octanol–water partition coefficient (Wildman–Crippen LogP) is 17.1. The minimum absolute atomic E-state index is 0.0629. The summed E-state index contributed by atoms with van der Waals surface area (Å²) in [6, 6.07) is 0. The van der Waals surface area contributed by atoms with Gasteiger partial charge in [-0.05, 0) is 25.2 Å². The topological polar surface area (TPSA) is 78.9 Å². The van der Waals surface area contributed by atoms with Crippen LogP contribution in [0.5, 0.6) is 0 Å². The molecular weight excluding hydrogens is 733 g/mol. The smallest absolute Gasteiger partial charge is 0.306 e. The summed E-state index contributed by atoms with van der Waals surface area (Å²) >= 11 is 0. The maximum Gasteiger partial charge on any atom is 0.306 e. The molecule has 0 rings (SSSR count). The lowest BCUT2D eigenvalue weighted by molar-refractivity contribution is -0.167. The predicted molar refractivity (Wildman–Crippen MR) is 252 cm³/mol. The third kappa shape index (κ3) is 47.3. The van der Waals surface area contributed by atoms with E-state index < -0.39 is 6.10 Å². The van der Waals surface area contributed by atoms with Crippen LogP contribution in [0.15, 0.2) is 0 Å². The van der Waals surface area contributed by atoms with Gasteiger partial charge in [-0.2, -0.15) is 0 Å². The van der Waals surface area contributed by atoms with Crippen molar-refractivity contribution in [3.8, 4) is 0 Å². The van der Waals surface area contributed by atoms with E-state index in [0.717, 1.165) is 63.7 Å². The van der Waals surface area contributed by atoms with E-state index in [-0.39, 0.29) is 31.1 Å². The molecule has 0 aromatic rings. The number of hydrogen-bond acceptors (Lipinski definition) is 6. The van der Waals surface area contributed by atoms with Crippen LogP contribution in [0.4, 0.5) is 0 Å². The van der Waals surface area contributed by atoms with Gasteiger partial charge in [-0.1, -0.05) is 259 Å². The molecule has 0 fully saturated rings. The highest BCUT2D eigenvalue weighted by Gasteiger charge is 2.19. The van der Waals surface area contributed by atoms with Crippen molar-refractivity contribution in [1.29, 1.82) is 0 Å². The number of ether oxygens (including phenoxy) is 3. The molecule has 6 heteroatoms. The summed E-state index contributed by atoms with van der Waals surface area (Å²) in [7, 11) is 0. The van der Waals surface area contributed by atoms with Gasteiger partial charge in [0, 0.05) is 19.3 Å². The van der Waals surface area contributed by atoms with Gasteiger partial charge in [-0.25, -0.2) is 0 Å². The van der Waals surface area contributed by atoms with E-state index in [1.807, 2.05) is 0 Å². The van der Waals surface area contributed by atoms with Gasteiger partial charge in [0.2, 0.25) is 0 Å². The normalized spacial score (nSPS) is 11.9. The number of esters is 3. The molecule has 0 aliphatic carbocycles. The summed E-state index contributed by atoms with van der Waals surface area (Å²) in [6.45, 7) is 9.00. The summed E-state index contributed by atoms with van der Waals surface area (Å²) in [6.07, 6.45) is 49.5. The first-order valence-electron chi connectivity index (χ1n) is 26.4. The molecule has 0 aromatic heterocycles. The number of hydrogen-bond donors (Lipinski definition) is 0. The van der Waals surface area contributed by atoms with Crippen molar-refractivity contribution in [2.45, 2.75) is 303 Å². The van der Waals surface area contributed by atoms with Gasteiger partial charge in [0.05, 0.1) is 0 Å². The first kappa shape index (κ1) is 57.4. The van der Waals surface area contributed by atoms with Crippen molar-refractivity contribution in [2.24, 2.45) is 5.92 Å². The second kappa shape index (κ2) is 47.5. The van der Waals surface area contributed by atoms with Crippen molar-refractivity contribution in [2.75, 3.05) is 13.2 Å². The van der Waals surface area contributed by atoms with Crippen molar-refractivity contribution >= 4 is 17.9 Å². The highest BCUT2D eigenvalue weighted by molar-refractivity contribution is 5.71. The Hall–Kier alpha value is -1.59. The monoisotopic (exact) mass is 835 g/mol. The molecule has 350 valence electrons. The fraction of sp³-hybridized carbons (Fsp3) is 0.943. The number of unbranched alkanes of at least 4 members (excludes halogenated alkanes) is 35. The summed E-state index contributed by atoms with van der Waals surface area (Å²) in [5, 5.41) is 0. The van der Waals surface area contributed by atoms with Crippen LogP contribution in [-0.4, -0.2) is 37.2 Å². The molecule has 0 amide bonds. The molecule has 0 heterocycles. The second-order valence-electron chi connectivity index (χ2n) is 18.6. The van der Waals surface area contributed by atoms with Crippen LogP contribution >= 0.6 is 0 Å². The molecule has 0 N–H and O–H groups in total. The van der Waals surface area contributed by atoms with E-state index in [1.165, 1.54) is 193 Å². The Labute approximate surface area is 368 Å². The molecule has 0 saturated heterocycles. The first-order chi connectivity index (χ1) is 28.9. The molecule has 0 aliphatic heterocycles. The number of rotatable bonds is 48. The summed E-state index contributed by atoms with van der Waals surface area (Å²) in [4.78, 5) is 37.9. The van der Waals surface area contributed by atoms with Gasteiger partial charge < -0.3 is 14.2 Å². The summed E-state index contributed by atoms with van der Waals surface area (Å²) in [5.74, 6) is -0.0480. The fourth-order valence-electron chi connectivity index (χ4n) is 8.04. The van der Waals surface area contributed by atoms with E-state index in [4.69, 9.17) is 14.2 Å². The van der Waals surface area contributed by atoms with Gasteiger partial charge >= 0.3 is 17.9 Å². The van der Waals surface area contributed by atoms with Crippen LogP contribution in [0.1, 0.15) is 297 Å². The second-order valence-corrected chi connectivity index (χ2v) is 18.6. The molecule has 0 saturated carbocycles. The zero-order valence-corrected chi connectivity index (χ0v) is 40.2. The maximum absolute atomic E-state index is 12.8. The standard InChI is InChI=1S/C53H102O6/c1-5-7-9-11-13-15-17-19-21-22-24-25-27-32-36-40-44-51(54)57-47-50(48-58-52(55)45-41-37-33-30-29-31-35-39-43-49(3)4)59-53(56)46-42-38-34-28-26-23-20-18-16-14-12-10-8-6-2/h49-50H,5-48H2,1-4H3/t50-/m1/s1. The first-order valence-corrected chi connectivity index (χ1v) is 26.4. The zero-order chi connectivity index (χ0) is 43.1. The molecule has 0 aliphatic rings. The SMILES string of the molecule is CCCCCCCCCCCCCCCCCCC(=O)OC[C@H](COC(=O)CCCCCCCCCCC(C)C)OC(=O)CCCCCCCCCCCCCCCC. The Kier molecular flexibility index (Phi) is 46.2. The Morgan fingerprint density at radius 2 is 0.559 bits per heavy atom. The lowest BCUT2D eigenvalue weighted by Gasteiger charge is -2.18. The molecule has 0 bridgehead atoms. The lowest BCUT2D eigenvalue weighted by Crippen LogP contribution is -2.30. The van der Waals surface area contributed by atoms with Crippen molar-refractivity contribution in [3.63, 3.8) is 0 Å². The van der Waals surface area contributed by atoms with E-state index >= 15 is 0 Å². The van der Waals surface area contributed by atoms with Crippen molar-refractivity contribution in [3.05, 3.63) is 0 Å². The minimum atomic E-state index is -0.761. The highest BCUT2D eigenvalue weighted by Crippen LogP contribution is 2.17. The van der Waals surface area contributed by atoms with Crippen LogP contribution < -0.4 is 0 Å². The third-order valence-corrected chi connectivity index (χ3v) is 12.0. The Bertz CT molecular complexity index is 887. The van der Waals surface area contributed by atoms with Crippen molar-refractivity contribution < 1.29 is 28.6 Å². The Morgan fingerprint density at radius 3 is 0.831 bits per heavy atom. The number of carbonyl (C=O) groups excluding carboxylic acids is 3. The van der Waals surface area contributed by atoms with Gasteiger partial charge in [0.1, 0.15) is 13.2 Å². The highest BCUT2D eigenvalue weighted by atomic mass is 16.6. The number of carbonyl (C=O) groups is 3. The lowest BCUT2D eigenvalue weighted by atomic mass is 10.0. The Balaban J connectivity index is 4.29. The van der Waals surface area contributed by atoms with Crippen LogP contribution in [-0.2, 0) is 28.6 Å².